The summed E-state index contributed by atoms with van der Waals surface area (Å²) in [5.74, 6) is 0. The molecule has 0 saturated carbocycles. The van der Waals surface area contributed by atoms with E-state index in [1.165, 1.54) is 12.3 Å². The molecule has 0 spiro atoms. The molecule has 0 N–H and O–H groups in total. The van der Waals surface area contributed by atoms with Crippen molar-refractivity contribution in [2.75, 3.05) is 0 Å². The monoisotopic (exact) mass is 307 g/mol. The molecule has 0 atom stereocenters. The normalized spacial score (nSPS) is 10.8. The number of pyridine rings is 1. The quantitative estimate of drug-likeness (QED) is 0.548. The van der Waals surface area contributed by atoms with E-state index in [-0.39, 0.29) is 16.7 Å². The summed E-state index contributed by atoms with van der Waals surface area (Å²) in [6.07, 6.45) is 1.24. The highest BCUT2D eigenvalue weighted by Gasteiger charge is 2.29. The van der Waals surface area contributed by atoms with Crippen LogP contribution in [-0.4, -0.2) is 10.5 Å². The first-order chi connectivity index (χ1) is 10.0. The minimum absolute atomic E-state index is 0.112. The Bertz CT molecular complexity index is 657. The maximum Gasteiger partial charge on any atom is 0.446 e. The van der Waals surface area contributed by atoms with Crippen LogP contribution in [0.4, 0.5) is 13.2 Å². The van der Waals surface area contributed by atoms with Gasteiger partial charge < -0.3 is 0 Å². The standard InChI is InChI=1S/C10H6F3NS.C6H6/c11-10(12,13)15-8-5-7-3-1-2-4-9(7)14-6-8;1-2-4-6-5-3-1/h1-6H;1-6H. The first-order valence-electron chi connectivity index (χ1n) is 6.15. The van der Waals surface area contributed by atoms with Crippen molar-refractivity contribution in [3.8, 4) is 0 Å². The zero-order valence-electron chi connectivity index (χ0n) is 10.9. The SMILES string of the molecule is FC(F)(F)Sc1cnc2ccccc2c1.c1ccccc1. The van der Waals surface area contributed by atoms with Crippen molar-refractivity contribution in [3.63, 3.8) is 0 Å². The molecule has 21 heavy (non-hydrogen) atoms. The number of para-hydroxylation sites is 1. The fourth-order valence-electron chi connectivity index (χ4n) is 1.63. The minimum Gasteiger partial charge on any atom is -0.255 e. The Morgan fingerprint density at radius 3 is 1.95 bits per heavy atom. The van der Waals surface area contributed by atoms with Gasteiger partial charge >= 0.3 is 5.51 Å². The lowest BCUT2D eigenvalue weighted by Gasteiger charge is -2.05. The number of thioether (sulfide) groups is 1. The van der Waals surface area contributed by atoms with Crippen LogP contribution in [0.15, 0.2) is 77.8 Å². The topological polar surface area (TPSA) is 12.9 Å². The molecule has 1 heterocycles. The number of benzene rings is 2. The largest absolute Gasteiger partial charge is 0.446 e. The summed E-state index contributed by atoms with van der Waals surface area (Å²) in [6, 6.07) is 20.6. The Labute approximate surface area is 124 Å². The number of fused-ring (bicyclic) bond motifs is 1. The number of aromatic nitrogens is 1. The van der Waals surface area contributed by atoms with Crippen LogP contribution in [0.1, 0.15) is 0 Å². The number of rotatable bonds is 1. The predicted octanol–water partition coefficient (Wildman–Crippen LogP) is 5.53. The predicted molar refractivity (Wildman–Crippen MR) is 80.1 cm³/mol. The van der Waals surface area contributed by atoms with Crippen molar-refractivity contribution in [1.29, 1.82) is 0 Å². The van der Waals surface area contributed by atoms with Crippen molar-refractivity contribution in [2.24, 2.45) is 0 Å². The van der Waals surface area contributed by atoms with E-state index in [0.717, 1.165) is 0 Å². The summed E-state index contributed by atoms with van der Waals surface area (Å²) in [5, 5.41) is 0.715. The minimum atomic E-state index is -4.26. The van der Waals surface area contributed by atoms with Crippen LogP contribution in [0, 0.1) is 0 Å². The third-order valence-electron chi connectivity index (χ3n) is 2.47. The Morgan fingerprint density at radius 2 is 1.38 bits per heavy atom. The van der Waals surface area contributed by atoms with Gasteiger partial charge in [-0.2, -0.15) is 13.2 Å². The van der Waals surface area contributed by atoms with E-state index >= 15 is 0 Å². The van der Waals surface area contributed by atoms with Gasteiger partial charge in [-0.05, 0) is 23.9 Å². The van der Waals surface area contributed by atoms with E-state index in [1.807, 2.05) is 36.4 Å². The van der Waals surface area contributed by atoms with Gasteiger partial charge in [-0.1, -0.05) is 54.6 Å². The van der Waals surface area contributed by atoms with Gasteiger partial charge in [0.15, 0.2) is 0 Å². The van der Waals surface area contributed by atoms with Crippen LogP contribution in [0.2, 0.25) is 0 Å². The van der Waals surface area contributed by atoms with E-state index in [1.54, 1.807) is 24.3 Å². The molecule has 1 nitrogen and oxygen atoms in total. The van der Waals surface area contributed by atoms with Crippen molar-refractivity contribution in [1.82, 2.24) is 4.98 Å². The third-order valence-corrected chi connectivity index (χ3v) is 3.16. The zero-order chi connectivity index (χ0) is 15.1. The van der Waals surface area contributed by atoms with Gasteiger partial charge in [-0.25, -0.2) is 0 Å². The van der Waals surface area contributed by atoms with Crippen LogP contribution in [0.5, 0.6) is 0 Å². The second-order valence-corrected chi connectivity index (χ2v) is 5.20. The van der Waals surface area contributed by atoms with E-state index in [0.29, 0.717) is 10.9 Å². The summed E-state index contributed by atoms with van der Waals surface area (Å²) in [4.78, 5) is 4.06. The van der Waals surface area contributed by atoms with Crippen LogP contribution >= 0.6 is 11.8 Å². The lowest BCUT2D eigenvalue weighted by Crippen LogP contribution is -1.99. The smallest absolute Gasteiger partial charge is 0.255 e. The summed E-state index contributed by atoms with van der Waals surface area (Å²) < 4.78 is 36.2. The highest BCUT2D eigenvalue weighted by molar-refractivity contribution is 8.00. The van der Waals surface area contributed by atoms with Crippen LogP contribution in [0.25, 0.3) is 10.9 Å². The number of halogens is 3. The molecule has 0 aliphatic heterocycles. The highest BCUT2D eigenvalue weighted by Crippen LogP contribution is 2.37. The molecule has 1 aromatic heterocycles. The van der Waals surface area contributed by atoms with Gasteiger partial charge in [0.25, 0.3) is 0 Å². The zero-order valence-corrected chi connectivity index (χ0v) is 11.7. The van der Waals surface area contributed by atoms with Gasteiger partial charge in [0.05, 0.1) is 5.52 Å². The molecule has 0 fully saturated rings. The number of hydrogen-bond donors (Lipinski definition) is 0. The molecule has 5 heteroatoms. The molecule has 3 rings (SSSR count). The lowest BCUT2D eigenvalue weighted by molar-refractivity contribution is -0.0328. The van der Waals surface area contributed by atoms with Crippen LogP contribution in [-0.2, 0) is 0 Å². The molecular weight excluding hydrogens is 295 g/mol. The third kappa shape index (κ3) is 5.47. The van der Waals surface area contributed by atoms with Crippen molar-refractivity contribution < 1.29 is 13.2 Å². The molecule has 0 aliphatic rings. The van der Waals surface area contributed by atoms with Gasteiger partial charge in [-0.3, -0.25) is 4.98 Å². The molecule has 0 aliphatic carbocycles. The number of alkyl halides is 3. The van der Waals surface area contributed by atoms with Gasteiger partial charge in [0, 0.05) is 16.5 Å². The molecule has 0 amide bonds. The fourth-order valence-corrected chi connectivity index (χ4v) is 2.18. The van der Waals surface area contributed by atoms with Crippen molar-refractivity contribution in [3.05, 3.63) is 72.9 Å². The first-order valence-corrected chi connectivity index (χ1v) is 6.97. The fraction of sp³-hybridized carbons (Fsp3) is 0.0625. The molecule has 0 radical (unpaired) electrons. The Morgan fingerprint density at radius 1 is 0.810 bits per heavy atom. The van der Waals surface area contributed by atoms with E-state index in [2.05, 4.69) is 4.98 Å². The second-order valence-electron chi connectivity index (χ2n) is 4.07. The molecule has 0 saturated heterocycles. The highest BCUT2D eigenvalue weighted by atomic mass is 32.2. The lowest BCUT2D eigenvalue weighted by atomic mass is 10.2. The maximum atomic E-state index is 12.1. The van der Waals surface area contributed by atoms with Crippen LogP contribution in [0.3, 0.4) is 0 Å². The average molecular weight is 307 g/mol. The summed E-state index contributed by atoms with van der Waals surface area (Å²) in [5.41, 5.74) is -3.56. The Balaban J connectivity index is 0.000000225. The van der Waals surface area contributed by atoms with Crippen molar-refractivity contribution in [2.45, 2.75) is 10.4 Å². The molecular formula is C16H12F3NS. The van der Waals surface area contributed by atoms with Crippen molar-refractivity contribution >= 4 is 22.7 Å². The average Bonchev–Trinajstić information content (AvgIpc) is 2.48. The van der Waals surface area contributed by atoms with E-state index < -0.39 is 5.51 Å². The summed E-state index contributed by atoms with van der Waals surface area (Å²) >= 11 is -0.147. The maximum absolute atomic E-state index is 12.1. The molecule has 0 unspecified atom stereocenters. The first kappa shape index (κ1) is 15.4. The van der Waals surface area contributed by atoms with Crippen LogP contribution < -0.4 is 0 Å². The molecule has 0 bridgehead atoms. The summed E-state index contributed by atoms with van der Waals surface area (Å²) in [7, 11) is 0. The van der Waals surface area contributed by atoms with Gasteiger partial charge in [0.1, 0.15) is 0 Å². The molecule has 2 aromatic carbocycles. The Kier molecular flexibility index (Phi) is 5.22. The summed E-state index contributed by atoms with van der Waals surface area (Å²) in [6.45, 7) is 0. The van der Waals surface area contributed by atoms with E-state index in [4.69, 9.17) is 0 Å². The molecule has 108 valence electrons. The number of hydrogen-bond acceptors (Lipinski definition) is 2. The van der Waals surface area contributed by atoms with E-state index in [9.17, 15) is 13.2 Å². The van der Waals surface area contributed by atoms with Gasteiger partial charge in [0.2, 0.25) is 0 Å². The Hall–Kier alpha value is -2.01. The second kappa shape index (κ2) is 7.13. The molecule has 3 aromatic rings. The van der Waals surface area contributed by atoms with Gasteiger partial charge in [-0.15, -0.1) is 0 Å². The number of nitrogens with zero attached hydrogens (tertiary/aromatic N) is 1.